The van der Waals surface area contributed by atoms with Crippen molar-refractivity contribution >= 4 is 34.0 Å². The number of carbonyl (C=O) groups is 1. The van der Waals surface area contributed by atoms with Crippen LogP contribution in [0.2, 0.25) is 0 Å². The van der Waals surface area contributed by atoms with Crippen LogP contribution in [0.1, 0.15) is 53.9 Å². The summed E-state index contributed by atoms with van der Waals surface area (Å²) in [6.45, 7) is 2.24. The Bertz CT molecular complexity index is 1160. The Morgan fingerprint density at radius 1 is 1.29 bits per heavy atom. The topological polar surface area (TPSA) is 83.6 Å². The fraction of sp³-hybridized carbons (Fsp3) is 0.391. The van der Waals surface area contributed by atoms with Gasteiger partial charge in [-0.25, -0.2) is 0 Å². The second kappa shape index (κ2) is 8.48. The molecule has 0 aliphatic heterocycles. The average Bonchev–Trinajstić information content (AvgIpc) is 3.44. The molecule has 1 N–H and O–H groups in total. The number of thioether (sulfide) groups is 1. The van der Waals surface area contributed by atoms with Gasteiger partial charge in [0.25, 0.3) is 0 Å². The standard InChI is InChI=1S/C23H23N5OS2/c1-14-7-10-17-18(12-24)22(31-19(17)11-14)25-20(29)13-30-23-27-26-21(15-8-9-15)28(23)16-5-3-2-4-6-16/h2-6,14-15H,7-11,13H2,1H3,(H,25,29). The van der Waals surface area contributed by atoms with E-state index in [4.69, 9.17) is 0 Å². The minimum Gasteiger partial charge on any atom is -0.316 e. The second-order valence-corrected chi connectivity index (χ2v) is 10.3. The summed E-state index contributed by atoms with van der Waals surface area (Å²) in [6, 6.07) is 12.4. The van der Waals surface area contributed by atoms with Crippen molar-refractivity contribution < 1.29 is 4.79 Å². The zero-order chi connectivity index (χ0) is 21.4. The van der Waals surface area contributed by atoms with Gasteiger partial charge in [0.2, 0.25) is 5.91 Å². The quantitative estimate of drug-likeness (QED) is 0.539. The molecule has 2 aromatic heterocycles. The van der Waals surface area contributed by atoms with Crippen molar-refractivity contribution in [2.75, 3.05) is 11.1 Å². The van der Waals surface area contributed by atoms with Crippen molar-refractivity contribution in [3.8, 4) is 11.8 Å². The summed E-state index contributed by atoms with van der Waals surface area (Å²) < 4.78 is 2.07. The number of rotatable bonds is 6. The molecule has 3 aromatic rings. The normalized spacial score (nSPS) is 17.7. The van der Waals surface area contributed by atoms with Crippen LogP contribution in [0, 0.1) is 17.2 Å². The molecule has 158 valence electrons. The number of nitrogens with zero attached hydrogens (tertiary/aromatic N) is 4. The maximum Gasteiger partial charge on any atom is 0.235 e. The van der Waals surface area contributed by atoms with Gasteiger partial charge < -0.3 is 5.32 Å². The summed E-state index contributed by atoms with van der Waals surface area (Å²) in [5.41, 5.74) is 2.80. The van der Waals surface area contributed by atoms with E-state index in [2.05, 4.69) is 33.1 Å². The highest BCUT2D eigenvalue weighted by molar-refractivity contribution is 7.99. The smallest absolute Gasteiger partial charge is 0.235 e. The van der Waals surface area contributed by atoms with Gasteiger partial charge >= 0.3 is 0 Å². The Morgan fingerprint density at radius 2 is 2.10 bits per heavy atom. The molecule has 2 heterocycles. The lowest BCUT2D eigenvalue weighted by molar-refractivity contribution is -0.113. The van der Waals surface area contributed by atoms with E-state index in [1.165, 1.54) is 16.6 Å². The minimum atomic E-state index is -0.122. The van der Waals surface area contributed by atoms with E-state index >= 15 is 0 Å². The molecule has 8 heteroatoms. The monoisotopic (exact) mass is 449 g/mol. The molecule has 0 bridgehead atoms. The molecule has 5 rings (SSSR count). The predicted molar refractivity (Wildman–Crippen MR) is 123 cm³/mol. The zero-order valence-electron chi connectivity index (χ0n) is 17.3. The van der Waals surface area contributed by atoms with Gasteiger partial charge in [0.05, 0.1) is 11.3 Å². The first-order valence-electron chi connectivity index (χ1n) is 10.6. The van der Waals surface area contributed by atoms with Gasteiger partial charge in [0.1, 0.15) is 16.9 Å². The predicted octanol–water partition coefficient (Wildman–Crippen LogP) is 4.93. The van der Waals surface area contributed by atoms with Crippen LogP contribution in [0.4, 0.5) is 5.00 Å². The lowest BCUT2D eigenvalue weighted by atomic mass is 9.89. The first kappa shape index (κ1) is 20.3. The number of hydrogen-bond donors (Lipinski definition) is 1. The molecule has 0 spiro atoms. The van der Waals surface area contributed by atoms with Crippen molar-refractivity contribution in [3.05, 3.63) is 52.2 Å². The van der Waals surface area contributed by atoms with E-state index in [1.54, 1.807) is 11.3 Å². The lowest BCUT2D eigenvalue weighted by Gasteiger charge is -2.17. The van der Waals surface area contributed by atoms with Gasteiger partial charge in [-0.15, -0.1) is 21.5 Å². The number of nitrogens with one attached hydrogen (secondary N) is 1. The van der Waals surface area contributed by atoms with Gasteiger partial charge in [-0.3, -0.25) is 9.36 Å². The van der Waals surface area contributed by atoms with Crippen LogP contribution < -0.4 is 5.32 Å². The maximum absolute atomic E-state index is 12.7. The molecule has 2 aliphatic rings. The van der Waals surface area contributed by atoms with Crippen LogP contribution in [0.3, 0.4) is 0 Å². The molecule has 0 saturated heterocycles. The van der Waals surface area contributed by atoms with E-state index in [0.717, 1.165) is 54.3 Å². The molecule has 1 aromatic carbocycles. The van der Waals surface area contributed by atoms with Gasteiger partial charge in [-0.1, -0.05) is 36.9 Å². The van der Waals surface area contributed by atoms with Crippen LogP contribution in [0.25, 0.3) is 5.69 Å². The minimum absolute atomic E-state index is 0.122. The first-order valence-corrected chi connectivity index (χ1v) is 12.4. The number of benzene rings is 1. The van der Waals surface area contributed by atoms with E-state index in [0.29, 0.717) is 22.4 Å². The highest BCUT2D eigenvalue weighted by Gasteiger charge is 2.31. The molecule has 1 atom stereocenters. The van der Waals surface area contributed by atoms with Crippen LogP contribution >= 0.6 is 23.1 Å². The Kier molecular flexibility index (Phi) is 5.55. The van der Waals surface area contributed by atoms with Crippen molar-refractivity contribution in [3.63, 3.8) is 0 Å². The van der Waals surface area contributed by atoms with Crippen LogP contribution in [-0.4, -0.2) is 26.4 Å². The number of nitriles is 1. The lowest BCUT2D eigenvalue weighted by Crippen LogP contribution is -2.14. The second-order valence-electron chi connectivity index (χ2n) is 8.29. The fourth-order valence-electron chi connectivity index (χ4n) is 4.05. The van der Waals surface area contributed by atoms with Gasteiger partial charge in [-0.05, 0) is 55.7 Å². The number of aromatic nitrogens is 3. The largest absolute Gasteiger partial charge is 0.316 e. The summed E-state index contributed by atoms with van der Waals surface area (Å²) >= 11 is 2.94. The molecular weight excluding hydrogens is 426 g/mol. The van der Waals surface area contributed by atoms with E-state index in [-0.39, 0.29) is 11.7 Å². The summed E-state index contributed by atoms with van der Waals surface area (Å²) in [7, 11) is 0. The molecule has 1 amide bonds. The molecule has 2 aliphatic carbocycles. The summed E-state index contributed by atoms with van der Waals surface area (Å²) in [6.07, 6.45) is 5.28. The molecular formula is C23H23N5OS2. The van der Waals surface area contributed by atoms with Crippen molar-refractivity contribution in [2.45, 2.75) is 50.1 Å². The number of anilines is 1. The third-order valence-corrected chi connectivity index (χ3v) is 7.92. The fourth-order valence-corrected chi connectivity index (χ4v) is 6.19. The third-order valence-electron chi connectivity index (χ3n) is 5.82. The van der Waals surface area contributed by atoms with E-state index in [1.807, 2.05) is 30.3 Å². The highest BCUT2D eigenvalue weighted by Crippen LogP contribution is 2.41. The average molecular weight is 450 g/mol. The number of para-hydroxylation sites is 1. The molecule has 1 unspecified atom stereocenters. The third kappa shape index (κ3) is 4.12. The molecule has 6 nitrogen and oxygen atoms in total. The first-order chi connectivity index (χ1) is 15.1. The number of carbonyl (C=O) groups excluding carboxylic acids is 1. The van der Waals surface area contributed by atoms with Crippen molar-refractivity contribution in [1.29, 1.82) is 5.26 Å². The number of amides is 1. The van der Waals surface area contributed by atoms with Crippen molar-refractivity contribution in [1.82, 2.24) is 14.8 Å². The van der Waals surface area contributed by atoms with Crippen LogP contribution in [0.15, 0.2) is 35.5 Å². The van der Waals surface area contributed by atoms with Crippen LogP contribution in [0.5, 0.6) is 0 Å². The number of fused-ring (bicyclic) bond motifs is 1. The Labute approximate surface area is 189 Å². The van der Waals surface area contributed by atoms with E-state index < -0.39 is 0 Å². The Morgan fingerprint density at radius 3 is 2.84 bits per heavy atom. The van der Waals surface area contributed by atoms with Gasteiger partial charge in [0, 0.05) is 16.5 Å². The van der Waals surface area contributed by atoms with Gasteiger partial charge in [0.15, 0.2) is 5.16 Å². The molecule has 31 heavy (non-hydrogen) atoms. The number of hydrogen-bond acceptors (Lipinski definition) is 6. The Hall–Kier alpha value is -2.63. The summed E-state index contributed by atoms with van der Waals surface area (Å²) in [4.78, 5) is 14.0. The molecule has 1 saturated carbocycles. The highest BCUT2D eigenvalue weighted by atomic mass is 32.2. The molecule has 0 radical (unpaired) electrons. The SMILES string of the molecule is CC1CCc2c(sc(NC(=O)CSc3nnc(C4CC4)n3-c3ccccc3)c2C#N)C1. The maximum atomic E-state index is 12.7. The zero-order valence-corrected chi connectivity index (χ0v) is 18.9. The van der Waals surface area contributed by atoms with E-state index in [9.17, 15) is 10.1 Å². The Balaban J connectivity index is 1.32. The molecule has 1 fully saturated rings. The summed E-state index contributed by atoms with van der Waals surface area (Å²) in [5.74, 6) is 2.15. The number of thiophene rings is 1. The summed E-state index contributed by atoms with van der Waals surface area (Å²) in [5, 5.41) is 22.8. The van der Waals surface area contributed by atoms with Crippen molar-refractivity contribution in [2.24, 2.45) is 5.92 Å². The van der Waals surface area contributed by atoms with Crippen LogP contribution in [-0.2, 0) is 17.6 Å². The van der Waals surface area contributed by atoms with Gasteiger partial charge in [-0.2, -0.15) is 5.26 Å².